The molecule has 1 rings (SSSR count). The summed E-state index contributed by atoms with van der Waals surface area (Å²) in [5.41, 5.74) is 4.80. The second-order valence-electron chi connectivity index (χ2n) is 6.39. The molecule has 0 radical (unpaired) electrons. The third-order valence-corrected chi connectivity index (χ3v) is 2.95. The molecule has 0 fully saturated rings. The molecule has 0 saturated heterocycles. The molecule has 1 aromatic carbocycles. The highest BCUT2D eigenvalue weighted by Gasteiger charge is 2.17. The second kappa shape index (κ2) is 9.10. The van der Waals surface area contributed by atoms with Gasteiger partial charge in [-0.3, -0.25) is 0 Å². The molecule has 25 heavy (non-hydrogen) atoms. The summed E-state index contributed by atoms with van der Waals surface area (Å²) >= 11 is 0. The number of primary amides is 1. The van der Waals surface area contributed by atoms with Crippen LogP contribution < -0.4 is 15.8 Å². The molecule has 1 aromatic rings. The monoisotopic (exact) mass is 356 g/mol. The quantitative estimate of drug-likeness (QED) is 0.730. The van der Waals surface area contributed by atoms with E-state index in [1.807, 2.05) is 0 Å². The molecule has 140 valence electrons. The van der Waals surface area contributed by atoms with E-state index < -0.39 is 29.7 Å². The lowest BCUT2D eigenvalue weighted by Crippen LogP contribution is -2.33. The summed E-state index contributed by atoms with van der Waals surface area (Å²) in [6, 6.07) is 3.92. The topological polar surface area (TPSA) is 99.9 Å². The smallest absolute Gasteiger partial charge is 0.407 e. The van der Waals surface area contributed by atoms with Gasteiger partial charge in [0.25, 0.3) is 0 Å². The van der Waals surface area contributed by atoms with E-state index in [9.17, 15) is 14.0 Å². The van der Waals surface area contributed by atoms with Gasteiger partial charge in [0, 0.05) is 12.1 Å². The summed E-state index contributed by atoms with van der Waals surface area (Å²) < 4.78 is 29.0. The van der Waals surface area contributed by atoms with Crippen molar-refractivity contribution in [3.63, 3.8) is 0 Å². The zero-order chi connectivity index (χ0) is 19.0. The third-order valence-electron chi connectivity index (χ3n) is 2.95. The lowest BCUT2D eigenvalue weighted by atomic mass is 10.1. The van der Waals surface area contributed by atoms with Gasteiger partial charge in [0.15, 0.2) is 0 Å². The Labute approximate surface area is 146 Å². The van der Waals surface area contributed by atoms with E-state index in [0.29, 0.717) is 24.3 Å². The largest absolute Gasteiger partial charge is 0.493 e. The van der Waals surface area contributed by atoms with Crippen molar-refractivity contribution in [1.82, 2.24) is 5.32 Å². The fourth-order valence-electron chi connectivity index (χ4n) is 1.97. The molecule has 0 aromatic heterocycles. The van der Waals surface area contributed by atoms with Crippen LogP contribution in [0.1, 0.15) is 45.8 Å². The van der Waals surface area contributed by atoms with Crippen LogP contribution in [0.25, 0.3) is 0 Å². The standard InChI is InChI=1S/C17H25FN2O5/c1-11(24-15(19)21)13-10-12(18)6-7-14(13)23-9-5-8-20-16(22)25-17(2,3)4/h6-7,10-11H,5,8-9H2,1-4H3,(H2,19,21)(H,20,22)/t11-/m1/s1. The average Bonchev–Trinajstić information content (AvgIpc) is 2.45. The maximum atomic E-state index is 13.4. The Balaban J connectivity index is 2.49. The number of alkyl carbamates (subject to hydrolysis) is 1. The molecule has 0 heterocycles. The molecule has 0 aliphatic rings. The molecule has 8 heteroatoms. The molecule has 0 aliphatic carbocycles. The van der Waals surface area contributed by atoms with Gasteiger partial charge in [0.05, 0.1) is 6.61 Å². The predicted molar refractivity (Wildman–Crippen MR) is 89.8 cm³/mol. The van der Waals surface area contributed by atoms with Crippen molar-refractivity contribution in [2.45, 2.75) is 45.8 Å². The number of ether oxygens (including phenoxy) is 3. The van der Waals surface area contributed by atoms with Crippen LogP contribution in [0.3, 0.4) is 0 Å². The van der Waals surface area contributed by atoms with Gasteiger partial charge in [-0.05, 0) is 52.3 Å². The number of benzene rings is 1. The summed E-state index contributed by atoms with van der Waals surface area (Å²) in [5.74, 6) is -0.0960. The summed E-state index contributed by atoms with van der Waals surface area (Å²) in [7, 11) is 0. The lowest BCUT2D eigenvalue weighted by molar-refractivity contribution is 0.0525. The summed E-state index contributed by atoms with van der Waals surface area (Å²) in [6.07, 6.45) is -1.69. The highest BCUT2D eigenvalue weighted by Crippen LogP contribution is 2.28. The fourth-order valence-corrected chi connectivity index (χ4v) is 1.97. The van der Waals surface area contributed by atoms with Crippen molar-refractivity contribution < 1.29 is 28.2 Å². The van der Waals surface area contributed by atoms with E-state index in [1.165, 1.54) is 18.2 Å². The molecular formula is C17H25FN2O5. The van der Waals surface area contributed by atoms with Crippen LogP contribution in [0.4, 0.5) is 14.0 Å². The molecule has 0 unspecified atom stereocenters. The highest BCUT2D eigenvalue weighted by atomic mass is 19.1. The molecular weight excluding hydrogens is 331 g/mol. The van der Waals surface area contributed by atoms with Crippen LogP contribution in [0, 0.1) is 5.82 Å². The number of carbonyl (C=O) groups is 2. The SMILES string of the molecule is C[C@@H](OC(N)=O)c1cc(F)ccc1OCCCNC(=O)OC(C)(C)C. The lowest BCUT2D eigenvalue weighted by Gasteiger charge is -2.20. The van der Waals surface area contributed by atoms with E-state index in [1.54, 1.807) is 27.7 Å². The first kappa shape index (κ1) is 20.5. The predicted octanol–water partition coefficient (Wildman–Crippen LogP) is 3.28. The normalized spacial score (nSPS) is 12.2. The van der Waals surface area contributed by atoms with Gasteiger partial charge < -0.3 is 25.3 Å². The van der Waals surface area contributed by atoms with Crippen molar-refractivity contribution in [1.29, 1.82) is 0 Å². The molecule has 0 bridgehead atoms. The Kier molecular flexibility index (Phi) is 7.47. The zero-order valence-electron chi connectivity index (χ0n) is 14.9. The summed E-state index contributed by atoms with van der Waals surface area (Å²) in [6.45, 7) is 7.54. The van der Waals surface area contributed by atoms with E-state index in [-0.39, 0.29) is 6.61 Å². The van der Waals surface area contributed by atoms with Crippen LogP contribution in [-0.4, -0.2) is 30.9 Å². The first-order valence-corrected chi connectivity index (χ1v) is 7.93. The van der Waals surface area contributed by atoms with Crippen molar-refractivity contribution in [3.8, 4) is 5.75 Å². The number of nitrogens with one attached hydrogen (secondary N) is 1. The van der Waals surface area contributed by atoms with Gasteiger partial charge in [0.1, 0.15) is 23.3 Å². The Morgan fingerprint density at radius 3 is 2.60 bits per heavy atom. The van der Waals surface area contributed by atoms with Crippen molar-refractivity contribution in [3.05, 3.63) is 29.6 Å². The van der Waals surface area contributed by atoms with Crippen molar-refractivity contribution >= 4 is 12.2 Å². The summed E-state index contributed by atoms with van der Waals surface area (Å²) in [4.78, 5) is 22.4. The van der Waals surface area contributed by atoms with E-state index in [4.69, 9.17) is 19.9 Å². The van der Waals surface area contributed by atoms with Crippen molar-refractivity contribution in [2.24, 2.45) is 5.73 Å². The van der Waals surface area contributed by atoms with Gasteiger partial charge in [-0.2, -0.15) is 0 Å². The zero-order valence-corrected chi connectivity index (χ0v) is 14.9. The minimum absolute atomic E-state index is 0.276. The number of carbonyl (C=O) groups excluding carboxylic acids is 2. The maximum Gasteiger partial charge on any atom is 0.407 e. The number of hydrogen-bond donors (Lipinski definition) is 2. The minimum atomic E-state index is -0.954. The minimum Gasteiger partial charge on any atom is -0.493 e. The van der Waals surface area contributed by atoms with Gasteiger partial charge in [0.2, 0.25) is 0 Å². The number of nitrogens with two attached hydrogens (primary N) is 1. The summed E-state index contributed by atoms with van der Waals surface area (Å²) in [5, 5.41) is 2.61. The van der Waals surface area contributed by atoms with Crippen LogP contribution in [0.5, 0.6) is 5.75 Å². The molecule has 0 saturated carbocycles. The average molecular weight is 356 g/mol. The molecule has 7 nitrogen and oxygen atoms in total. The Hall–Kier alpha value is -2.51. The van der Waals surface area contributed by atoms with E-state index >= 15 is 0 Å². The highest BCUT2D eigenvalue weighted by molar-refractivity contribution is 5.67. The number of amides is 2. The Bertz CT molecular complexity index is 601. The molecule has 0 spiro atoms. The van der Waals surface area contributed by atoms with Crippen molar-refractivity contribution in [2.75, 3.05) is 13.2 Å². The van der Waals surface area contributed by atoms with Gasteiger partial charge in [-0.25, -0.2) is 14.0 Å². The first-order chi connectivity index (χ1) is 11.6. The number of rotatable bonds is 7. The van der Waals surface area contributed by atoms with Crippen LogP contribution in [0.15, 0.2) is 18.2 Å². The van der Waals surface area contributed by atoms with E-state index in [0.717, 1.165) is 0 Å². The third kappa shape index (κ3) is 8.23. The van der Waals surface area contributed by atoms with Crippen LogP contribution in [-0.2, 0) is 9.47 Å². The first-order valence-electron chi connectivity index (χ1n) is 7.93. The molecule has 3 N–H and O–H groups in total. The Morgan fingerprint density at radius 2 is 2.00 bits per heavy atom. The van der Waals surface area contributed by atoms with Gasteiger partial charge in [-0.15, -0.1) is 0 Å². The van der Waals surface area contributed by atoms with Crippen LogP contribution in [0.2, 0.25) is 0 Å². The number of halogens is 1. The fraction of sp³-hybridized carbons (Fsp3) is 0.529. The van der Waals surface area contributed by atoms with Gasteiger partial charge in [-0.1, -0.05) is 0 Å². The Morgan fingerprint density at radius 1 is 1.32 bits per heavy atom. The molecule has 2 amide bonds. The van der Waals surface area contributed by atoms with Crippen LogP contribution >= 0.6 is 0 Å². The maximum absolute atomic E-state index is 13.4. The molecule has 0 aliphatic heterocycles. The second-order valence-corrected chi connectivity index (χ2v) is 6.39. The van der Waals surface area contributed by atoms with E-state index in [2.05, 4.69) is 5.32 Å². The number of hydrogen-bond acceptors (Lipinski definition) is 5. The van der Waals surface area contributed by atoms with Gasteiger partial charge >= 0.3 is 12.2 Å². The molecule has 1 atom stereocenters.